The van der Waals surface area contributed by atoms with Crippen LogP contribution in [0.2, 0.25) is 0 Å². The number of aliphatic carboxylic acids is 1. The van der Waals surface area contributed by atoms with Crippen molar-refractivity contribution in [2.24, 2.45) is 0 Å². The molecule has 0 aliphatic rings. The Labute approximate surface area is 171 Å². The van der Waals surface area contributed by atoms with Crippen LogP contribution in [0.1, 0.15) is 56.2 Å². The van der Waals surface area contributed by atoms with Crippen LogP contribution in [-0.4, -0.2) is 20.2 Å². The fraction of sp³-hybridized carbons (Fsp3) is 0.417. The zero-order valence-electron chi connectivity index (χ0n) is 17.4. The Hall–Kier alpha value is -2.82. The Morgan fingerprint density at radius 1 is 0.897 bits per heavy atom. The number of hydrogen-bond acceptors (Lipinski definition) is 2. The third-order valence-electron chi connectivity index (χ3n) is 5.42. The van der Waals surface area contributed by atoms with Crippen molar-refractivity contribution in [3.8, 4) is 0 Å². The second-order valence-electron chi connectivity index (χ2n) is 7.65. The molecule has 5 heteroatoms. The molecule has 0 bridgehead atoms. The van der Waals surface area contributed by atoms with Gasteiger partial charge in [-0.05, 0) is 54.5 Å². The molecule has 154 valence electrons. The number of aryl methyl sites for hydroxylation is 2. The molecule has 1 heterocycles. The monoisotopic (exact) mass is 394 g/mol. The van der Waals surface area contributed by atoms with Crippen LogP contribution in [0.15, 0.2) is 47.3 Å². The molecule has 0 spiro atoms. The van der Waals surface area contributed by atoms with Gasteiger partial charge in [0.2, 0.25) is 0 Å². The van der Waals surface area contributed by atoms with E-state index in [2.05, 4.69) is 26.0 Å². The molecule has 0 fully saturated rings. The highest BCUT2D eigenvalue weighted by molar-refractivity contribution is 5.80. The van der Waals surface area contributed by atoms with Crippen molar-refractivity contribution in [3.63, 3.8) is 0 Å². The first-order chi connectivity index (χ1) is 14.0. The molecule has 2 aromatic carbocycles. The largest absolute Gasteiger partial charge is 0.480 e. The lowest BCUT2D eigenvalue weighted by Gasteiger charge is -2.12. The summed E-state index contributed by atoms with van der Waals surface area (Å²) in [7, 11) is 0. The Morgan fingerprint density at radius 2 is 1.45 bits per heavy atom. The van der Waals surface area contributed by atoms with E-state index in [1.54, 1.807) is 4.57 Å². The molecule has 0 radical (unpaired) electrons. The number of unbranched alkanes of at least 4 members (excludes halogenated alkanes) is 2. The molecule has 5 nitrogen and oxygen atoms in total. The molecule has 0 unspecified atom stereocenters. The molecule has 0 amide bonds. The van der Waals surface area contributed by atoms with Crippen LogP contribution in [0.4, 0.5) is 0 Å². The normalized spacial score (nSPS) is 11.2. The third kappa shape index (κ3) is 4.78. The maximum absolute atomic E-state index is 13.1. The lowest BCUT2D eigenvalue weighted by molar-refractivity contribution is -0.137. The van der Waals surface area contributed by atoms with Crippen molar-refractivity contribution >= 4 is 17.0 Å². The number of aromatic nitrogens is 2. The average molecular weight is 395 g/mol. The van der Waals surface area contributed by atoms with Gasteiger partial charge in [0.05, 0.1) is 17.6 Å². The molecule has 1 N–H and O–H groups in total. The molecule has 1 aromatic heterocycles. The molecule has 3 rings (SSSR count). The molecule has 0 atom stereocenters. The van der Waals surface area contributed by atoms with Gasteiger partial charge in [0.25, 0.3) is 0 Å². The fourth-order valence-corrected chi connectivity index (χ4v) is 3.85. The first-order valence-electron chi connectivity index (χ1n) is 10.6. The van der Waals surface area contributed by atoms with Crippen molar-refractivity contribution in [2.75, 3.05) is 0 Å². The Morgan fingerprint density at radius 3 is 1.97 bits per heavy atom. The summed E-state index contributed by atoms with van der Waals surface area (Å²) in [4.78, 5) is 24.6. The minimum Gasteiger partial charge on any atom is -0.480 e. The van der Waals surface area contributed by atoms with Gasteiger partial charge in [-0.15, -0.1) is 0 Å². The standard InChI is InChI=1S/C24H30N2O3/c1-3-5-12-19-14-21-22(15-20(19)13-6-4-2)26(17-23(27)28)24(29)25(21)16-18-10-8-7-9-11-18/h7-11,14-15H,3-6,12-13,16-17H2,1-2H3,(H,27,28). The van der Waals surface area contributed by atoms with Crippen LogP contribution in [0.25, 0.3) is 11.0 Å². The van der Waals surface area contributed by atoms with E-state index in [-0.39, 0.29) is 12.2 Å². The quantitative estimate of drug-likeness (QED) is 0.546. The summed E-state index contributed by atoms with van der Waals surface area (Å²) >= 11 is 0. The molecule has 0 saturated heterocycles. The van der Waals surface area contributed by atoms with E-state index < -0.39 is 5.97 Å². The molecule has 3 aromatic rings. The topological polar surface area (TPSA) is 64.2 Å². The minimum absolute atomic E-state index is 0.264. The van der Waals surface area contributed by atoms with Gasteiger partial charge in [-0.3, -0.25) is 13.9 Å². The summed E-state index contributed by atoms with van der Waals surface area (Å²) in [5.41, 5.74) is 4.83. The number of fused-ring (bicyclic) bond motifs is 1. The van der Waals surface area contributed by atoms with Crippen LogP contribution in [-0.2, 0) is 30.7 Å². The highest BCUT2D eigenvalue weighted by atomic mass is 16.4. The van der Waals surface area contributed by atoms with Crippen LogP contribution >= 0.6 is 0 Å². The van der Waals surface area contributed by atoms with E-state index in [9.17, 15) is 14.7 Å². The van der Waals surface area contributed by atoms with Gasteiger partial charge in [-0.1, -0.05) is 57.0 Å². The number of imidazole rings is 1. The first kappa shape index (κ1) is 20.9. The van der Waals surface area contributed by atoms with Crippen LogP contribution in [0.5, 0.6) is 0 Å². The Bertz CT molecular complexity index is 1030. The summed E-state index contributed by atoms with van der Waals surface area (Å²) in [5, 5.41) is 9.36. The molecular weight excluding hydrogens is 364 g/mol. The van der Waals surface area contributed by atoms with Crippen molar-refractivity contribution in [1.82, 2.24) is 9.13 Å². The lowest BCUT2D eigenvalue weighted by atomic mass is 9.97. The van der Waals surface area contributed by atoms with Gasteiger partial charge in [0.1, 0.15) is 6.54 Å². The van der Waals surface area contributed by atoms with Gasteiger partial charge >= 0.3 is 11.7 Å². The fourth-order valence-electron chi connectivity index (χ4n) is 3.85. The van der Waals surface area contributed by atoms with E-state index in [0.717, 1.165) is 55.1 Å². The second kappa shape index (κ2) is 9.59. The predicted molar refractivity (Wildman–Crippen MR) is 117 cm³/mol. The predicted octanol–water partition coefficient (Wildman–Crippen LogP) is 4.62. The lowest BCUT2D eigenvalue weighted by Crippen LogP contribution is -2.27. The van der Waals surface area contributed by atoms with E-state index in [1.807, 2.05) is 30.3 Å². The molecule has 29 heavy (non-hydrogen) atoms. The first-order valence-corrected chi connectivity index (χ1v) is 10.6. The van der Waals surface area contributed by atoms with E-state index in [1.165, 1.54) is 15.7 Å². The highest BCUT2D eigenvalue weighted by Crippen LogP contribution is 2.24. The maximum atomic E-state index is 13.1. The third-order valence-corrected chi connectivity index (χ3v) is 5.42. The van der Waals surface area contributed by atoms with Gasteiger partial charge in [0.15, 0.2) is 0 Å². The molecule has 0 saturated carbocycles. The van der Waals surface area contributed by atoms with Crippen LogP contribution in [0, 0.1) is 0 Å². The summed E-state index contributed by atoms with van der Waals surface area (Å²) < 4.78 is 3.12. The Balaban J connectivity index is 2.18. The van der Waals surface area contributed by atoms with E-state index >= 15 is 0 Å². The number of carboxylic acid groups (broad SMARTS) is 1. The Kier molecular flexibility index (Phi) is 6.91. The number of hydrogen-bond donors (Lipinski definition) is 1. The average Bonchev–Trinajstić information content (AvgIpc) is 2.95. The SMILES string of the molecule is CCCCc1cc2c(cc1CCCC)n(Cc1ccccc1)c(=O)n2CC(=O)O. The molecule has 0 aliphatic carbocycles. The minimum atomic E-state index is -1.00. The summed E-state index contributed by atoms with van der Waals surface area (Å²) in [6, 6.07) is 14.0. The smallest absolute Gasteiger partial charge is 0.329 e. The zero-order valence-corrected chi connectivity index (χ0v) is 17.4. The summed E-state index contributed by atoms with van der Waals surface area (Å²) in [6.45, 7) is 4.46. The summed E-state index contributed by atoms with van der Waals surface area (Å²) in [5.74, 6) is -1.00. The van der Waals surface area contributed by atoms with Crippen LogP contribution < -0.4 is 5.69 Å². The number of benzene rings is 2. The number of carboxylic acids is 1. The number of rotatable bonds is 10. The van der Waals surface area contributed by atoms with Gasteiger partial charge in [-0.2, -0.15) is 0 Å². The second-order valence-corrected chi connectivity index (χ2v) is 7.65. The summed E-state index contributed by atoms with van der Waals surface area (Å²) in [6.07, 6.45) is 6.33. The molecular formula is C24H30N2O3. The van der Waals surface area contributed by atoms with E-state index in [4.69, 9.17) is 0 Å². The van der Waals surface area contributed by atoms with Gasteiger partial charge < -0.3 is 5.11 Å². The number of nitrogens with zero attached hydrogens (tertiary/aromatic N) is 2. The highest BCUT2D eigenvalue weighted by Gasteiger charge is 2.18. The maximum Gasteiger partial charge on any atom is 0.329 e. The van der Waals surface area contributed by atoms with Gasteiger partial charge in [0, 0.05) is 0 Å². The van der Waals surface area contributed by atoms with Crippen molar-refractivity contribution in [3.05, 3.63) is 69.6 Å². The number of carbonyl (C=O) groups is 1. The molecule has 0 aliphatic heterocycles. The van der Waals surface area contributed by atoms with Crippen LogP contribution in [0.3, 0.4) is 0 Å². The van der Waals surface area contributed by atoms with Crippen molar-refractivity contribution in [2.45, 2.75) is 65.5 Å². The van der Waals surface area contributed by atoms with Crippen molar-refractivity contribution < 1.29 is 9.90 Å². The van der Waals surface area contributed by atoms with Gasteiger partial charge in [-0.25, -0.2) is 4.79 Å². The van der Waals surface area contributed by atoms with Crippen molar-refractivity contribution in [1.29, 1.82) is 0 Å². The zero-order chi connectivity index (χ0) is 20.8. The van der Waals surface area contributed by atoms with E-state index in [0.29, 0.717) is 6.54 Å².